The standard InChI is InChI=1S/C43H44N6O8/c1-56-42(54)46-36(26-11-5-3-6-12-26)40(52)48-21-9-15-34(48)38(50)44-30-17-19-32-28(24-30)23-29-25-31(18-20-33(29)32)45-39(51)35-16-10-22-49(35)41(53)37(47-43(55)57-2)27-13-7-4-8-14-27/h3-8,11-14,17-20,24-25,34-37H,9-10,15-16,21-23H2,1-2H3,(H,44,50)(H,45,51)(H,46,54)(H,47,55)/t34-,35-,36+,37+/m0/s1. The molecule has 0 unspecified atom stereocenters. The number of fused-ring (bicyclic) bond motifs is 3. The zero-order valence-corrected chi connectivity index (χ0v) is 31.7. The number of nitrogens with one attached hydrogen (secondary N) is 4. The zero-order valence-electron chi connectivity index (χ0n) is 31.7. The van der Waals surface area contributed by atoms with Gasteiger partial charge in [0.15, 0.2) is 0 Å². The first kappa shape index (κ1) is 38.6. The van der Waals surface area contributed by atoms with Crippen LogP contribution in [0.5, 0.6) is 0 Å². The second kappa shape index (κ2) is 17.0. The fraction of sp³-hybridized carbons (Fsp3) is 0.302. The molecule has 7 rings (SSSR count). The number of nitrogens with zero attached hydrogens (tertiary/aromatic N) is 2. The summed E-state index contributed by atoms with van der Waals surface area (Å²) in [6.07, 6.45) is 1.30. The van der Waals surface area contributed by atoms with E-state index in [1.165, 1.54) is 24.0 Å². The van der Waals surface area contributed by atoms with Gasteiger partial charge in [0, 0.05) is 24.5 Å². The number of hydrogen-bond donors (Lipinski definition) is 4. The van der Waals surface area contributed by atoms with E-state index in [2.05, 4.69) is 21.3 Å². The van der Waals surface area contributed by atoms with Crippen molar-refractivity contribution in [1.29, 1.82) is 0 Å². The van der Waals surface area contributed by atoms with Gasteiger partial charge in [-0.15, -0.1) is 0 Å². The number of likely N-dealkylation sites (tertiary alicyclic amines) is 2. The highest BCUT2D eigenvalue weighted by molar-refractivity contribution is 6.01. The van der Waals surface area contributed by atoms with Crippen molar-refractivity contribution in [3.8, 4) is 11.1 Å². The van der Waals surface area contributed by atoms with Crippen molar-refractivity contribution in [3.05, 3.63) is 119 Å². The monoisotopic (exact) mass is 772 g/mol. The number of hydrogen-bond acceptors (Lipinski definition) is 8. The number of benzene rings is 4. The Labute approximate surface area is 329 Å². The lowest BCUT2D eigenvalue weighted by Gasteiger charge is -2.28. The molecule has 14 heteroatoms. The molecule has 0 spiro atoms. The topological polar surface area (TPSA) is 175 Å². The fourth-order valence-electron chi connectivity index (χ4n) is 7.97. The second-order valence-electron chi connectivity index (χ2n) is 14.2. The van der Waals surface area contributed by atoms with Crippen molar-refractivity contribution in [2.45, 2.75) is 56.3 Å². The Kier molecular flexibility index (Phi) is 11.5. The Morgan fingerprint density at radius 3 is 1.37 bits per heavy atom. The molecule has 294 valence electrons. The minimum atomic E-state index is -1.01. The molecule has 2 saturated heterocycles. The Balaban J connectivity index is 1.00. The van der Waals surface area contributed by atoms with Crippen molar-refractivity contribution in [1.82, 2.24) is 20.4 Å². The third kappa shape index (κ3) is 8.30. The van der Waals surface area contributed by atoms with Crippen molar-refractivity contribution in [2.75, 3.05) is 37.9 Å². The SMILES string of the molecule is COC(=O)N[C@@H](C(=O)N1CCC[C@H]1C(=O)Nc1ccc2c(c1)Cc1cc(NC(=O)[C@@H]3CCCN3C(=O)[C@H](NC(=O)OC)c3ccccc3)ccc1-2)c1ccccc1. The molecule has 0 aromatic heterocycles. The fourth-order valence-corrected chi connectivity index (χ4v) is 7.97. The number of ether oxygens (including phenoxy) is 2. The lowest BCUT2D eigenvalue weighted by molar-refractivity contribution is -0.138. The Bertz CT molecular complexity index is 2030. The van der Waals surface area contributed by atoms with Gasteiger partial charge < -0.3 is 40.5 Å². The van der Waals surface area contributed by atoms with Crippen molar-refractivity contribution >= 4 is 47.2 Å². The van der Waals surface area contributed by atoms with E-state index < -0.39 is 48.2 Å². The lowest BCUT2D eigenvalue weighted by atomic mass is 10.0. The highest BCUT2D eigenvalue weighted by Crippen LogP contribution is 2.39. The number of carbonyl (C=O) groups excluding carboxylic acids is 6. The average molecular weight is 773 g/mol. The van der Waals surface area contributed by atoms with Gasteiger partial charge in [-0.2, -0.15) is 0 Å². The Morgan fingerprint density at radius 2 is 0.982 bits per heavy atom. The van der Waals surface area contributed by atoms with Gasteiger partial charge in [0.05, 0.1) is 14.2 Å². The first-order valence-corrected chi connectivity index (χ1v) is 18.9. The highest BCUT2D eigenvalue weighted by atomic mass is 16.5. The van der Waals surface area contributed by atoms with E-state index >= 15 is 0 Å². The van der Waals surface area contributed by atoms with Crippen molar-refractivity contribution in [3.63, 3.8) is 0 Å². The second-order valence-corrected chi connectivity index (χ2v) is 14.2. The Morgan fingerprint density at radius 1 is 0.579 bits per heavy atom. The summed E-state index contributed by atoms with van der Waals surface area (Å²) in [5, 5.41) is 11.2. The van der Waals surface area contributed by atoms with E-state index in [1.807, 2.05) is 48.5 Å². The molecule has 0 bridgehead atoms. The highest BCUT2D eigenvalue weighted by Gasteiger charge is 2.40. The molecule has 14 nitrogen and oxygen atoms in total. The van der Waals surface area contributed by atoms with Crippen LogP contribution in [0.3, 0.4) is 0 Å². The number of carbonyl (C=O) groups is 6. The van der Waals surface area contributed by atoms with E-state index in [0.29, 0.717) is 67.7 Å². The van der Waals surface area contributed by atoms with E-state index in [-0.39, 0.29) is 11.8 Å². The largest absolute Gasteiger partial charge is 0.453 e. The van der Waals surface area contributed by atoms with Crippen LogP contribution in [0.1, 0.15) is 60.0 Å². The van der Waals surface area contributed by atoms with Crippen molar-refractivity contribution < 1.29 is 38.2 Å². The number of rotatable bonds is 10. The molecule has 4 atom stereocenters. The van der Waals surface area contributed by atoms with Crippen LogP contribution < -0.4 is 21.3 Å². The molecule has 57 heavy (non-hydrogen) atoms. The maximum absolute atomic E-state index is 13.8. The van der Waals surface area contributed by atoms with Gasteiger partial charge in [0.2, 0.25) is 11.8 Å². The van der Waals surface area contributed by atoms with Crippen molar-refractivity contribution in [2.24, 2.45) is 0 Å². The summed E-state index contributed by atoms with van der Waals surface area (Å²) in [5.74, 6) is -1.42. The first-order valence-electron chi connectivity index (χ1n) is 18.9. The summed E-state index contributed by atoms with van der Waals surface area (Å²) >= 11 is 0. The van der Waals surface area contributed by atoms with Crippen LogP contribution in [0, 0.1) is 0 Å². The van der Waals surface area contributed by atoms with Crippen LogP contribution >= 0.6 is 0 Å². The molecule has 4 aromatic rings. The third-order valence-electron chi connectivity index (χ3n) is 10.7. The number of anilines is 2. The maximum Gasteiger partial charge on any atom is 0.407 e. The molecule has 0 saturated carbocycles. The van der Waals surface area contributed by atoms with Crippen LogP contribution in [0.15, 0.2) is 97.1 Å². The van der Waals surface area contributed by atoms with Crippen LogP contribution in [-0.4, -0.2) is 85.0 Å². The molecule has 2 aliphatic heterocycles. The summed E-state index contributed by atoms with van der Waals surface area (Å²) in [5.41, 5.74) is 6.35. The molecular weight excluding hydrogens is 729 g/mol. The summed E-state index contributed by atoms with van der Waals surface area (Å²) in [6.45, 7) is 0.745. The minimum absolute atomic E-state index is 0.318. The molecule has 0 radical (unpaired) electrons. The van der Waals surface area contributed by atoms with Crippen LogP contribution in [-0.2, 0) is 35.1 Å². The molecule has 4 N–H and O–H groups in total. The van der Waals surface area contributed by atoms with Crippen LogP contribution in [0.25, 0.3) is 11.1 Å². The molecular formula is C43H44N6O8. The minimum Gasteiger partial charge on any atom is -0.453 e. The summed E-state index contributed by atoms with van der Waals surface area (Å²) in [6, 6.07) is 25.6. The predicted octanol–water partition coefficient (Wildman–Crippen LogP) is 5.31. The van der Waals surface area contributed by atoms with Crippen LogP contribution in [0.4, 0.5) is 21.0 Å². The van der Waals surface area contributed by atoms with Gasteiger partial charge in [-0.25, -0.2) is 9.59 Å². The average Bonchev–Trinajstić information content (AvgIpc) is 4.01. The first-order chi connectivity index (χ1) is 27.6. The van der Waals surface area contributed by atoms with Gasteiger partial charge in [0.1, 0.15) is 24.2 Å². The van der Waals surface area contributed by atoms with E-state index in [0.717, 1.165) is 22.3 Å². The molecule has 3 aliphatic rings. The smallest absolute Gasteiger partial charge is 0.407 e. The third-order valence-corrected chi connectivity index (χ3v) is 10.7. The lowest BCUT2D eigenvalue weighted by Crippen LogP contribution is -2.48. The number of methoxy groups -OCH3 is 2. The zero-order chi connectivity index (χ0) is 40.1. The molecule has 1 aliphatic carbocycles. The van der Waals surface area contributed by atoms with E-state index in [1.54, 1.807) is 48.5 Å². The number of alkyl carbamates (subject to hydrolysis) is 2. The molecule has 2 heterocycles. The van der Waals surface area contributed by atoms with Gasteiger partial charge in [-0.05, 0) is 89.8 Å². The predicted molar refractivity (Wildman–Crippen MR) is 211 cm³/mol. The normalized spacial score (nSPS) is 17.7. The summed E-state index contributed by atoms with van der Waals surface area (Å²) in [4.78, 5) is 82.3. The Hall–Kier alpha value is -6.70. The van der Waals surface area contributed by atoms with E-state index in [4.69, 9.17) is 9.47 Å². The van der Waals surface area contributed by atoms with Gasteiger partial charge >= 0.3 is 12.2 Å². The molecule has 4 aromatic carbocycles. The molecule has 2 fully saturated rings. The summed E-state index contributed by atoms with van der Waals surface area (Å²) in [7, 11) is 2.46. The van der Waals surface area contributed by atoms with E-state index in [9.17, 15) is 28.8 Å². The van der Waals surface area contributed by atoms with Gasteiger partial charge in [-0.3, -0.25) is 19.2 Å². The quantitative estimate of drug-likeness (QED) is 0.148. The van der Waals surface area contributed by atoms with Crippen LogP contribution in [0.2, 0.25) is 0 Å². The van der Waals surface area contributed by atoms with Gasteiger partial charge in [-0.1, -0.05) is 72.8 Å². The van der Waals surface area contributed by atoms with Gasteiger partial charge in [0.25, 0.3) is 11.8 Å². The summed E-state index contributed by atoms with van der Waals surface area (Å²) < 4.78 is 9.54. The molecule has 6 amide bonds. The number of amides is 6. The maximum atomic E-state index is 13.8.